The summed E-state index contributed by atoms with van der Waals surface area (Å²) in [5, 5.41) is 4.42. The first-order chi connectivity index (χ1) is 18.0. The lowest BCUT2D eigenvalue weighted by atomic mass is 10.0. The first-order valence-electron chi connectivity index (χ1n) is 12.7. The summed E-state index contributed by atoms with van der Waals surface area (Å²) in [5.74, 6) is 0.680. The zero-order valence-electron chi connectivity index (χ0n) is 20.7. The lowest BCUT2D eigenvalue weighted by molar-refractivity contribution is -0.139. The Kier molecular flexibility index (Phi) is 10.4. The second-order valence-electron chi connectivity index (χ2n) is 9.43. The summed E-state index contributed by atoms with van der Waals surface area (Å²) >= 11 is 13.8. The first-order valence-corrected chi connectivity index (χ1v) is 14.6. The summed E-state index contributed by atoms with van der Waals surface area (Å²) in [6, 6.07) is 24.8. The van der Waals surface area contributed by atoms with Gasteiger partial charge in [0.15, 0.2) is 0 Å². The van der Waals surface area contributed by atoms with Gasteiger partial charge in [-0.3, -0.25) is 9.59 Å². The van der Waals surface area contributed by atoms with E-state index in [-0.39, 0.29) is 23.6 Å². The van der Waals surface area contributed by atoms with Crippen LogP contribution in [0.4, 0.5) is 0 Å². The molecule has 1 fully saturated rings. The molecule has 3 aromatic rings. The zero-order valence-corrected chi connectivity index (χ0v) is 23.1. The van der Waals surface area contributed by atoms with Gasteiger partial charge in [0.25, 0.3) is 0 Å². The van der Waals surface area contributed by atoms with Crippen LogP contribution in [0, 0.1) is 0 Å². The molecular formula is C30H32Cl2N2O2S. The third-order valence-corrected chi connectivity index (χ3v) is 8.22. The highest BCUT2D eigenvalue weighted by Gasteiger charge is 2.32. The van der Waals surface area contributed by atoms with Gasteiger partial charge in [0, 0.05) is 34.8 Å². The minimum Gasteiger partial charge on any atom is -0.352 e. The maximum absolute atomic E-state index is 13.7. The summed E-state index contributed by atoms with van der Waals surface area (Å²) in [6.45, 7) is 0.373. The molecule has 37 heavy (non-hydrogen) atoms. The van der Waals surface area contributed by atoms with Gasteiger partial charge in [-0.2, -0.15) is 0 Å². The molecule has 1 atom stereocenters. The van der Waals surface area contributed by atoms with Gasteiger partial charge < -0.3 is 10.2 Å². The average Bonchev–Trinajstić information content (AvgIpc) is 3.41. The van der Waals surface area contributed by atoms with Crippen LogP contribution in [0.2, 0.25) is 10.0 Å². The summed E-state index contributed by atoms with van der Waals surface area (Å²) in [6.07, 6.45) is 4.71. The van der Waals surface area contributed by atoms with Gasteiger partial charge in [-0.25, -0.2) is 0 Å². The van der Waals surface area contributed by atoms with Crippen LogP contribution >= 0.6 is 35.0 Å². The molecule has 194 valence electrons. The van der Waals surface area contributed by atoms with Crippen molar-refractivity contribution in [2.45, 2.75) is 56.5 Å². The molecule has 7 heteroatoms. The zero-order chi connectivity index (χ0) is 26.0. The van der Waals surface area contributed by atoms with Gasteiger partial charge in [0.1, 0.15) is 6.04 Å². The van der Waals surface area contributed by atoms with Crippen molar-refractivity contribution in [3.63, 3.8) is 0 Å². The molecule has 1 aliphatic rings. The van der Waals surface area contributed by atoms with E-state index in [1.54, 1.807) is 17.0 Å². The maximum atomic E-state index is 13.7. The highest BCUT2D eigenvalue weighted by Crippen LogP contribution is 2.26. The van der Waals surface area contributed by atoms with Gasteiger partial charge >= 0.3 is 0 Å². The third-order valence-electron chi connectivity index (χ3n) is 6.67. The quantitative estimate of drug-likeness (QED) is 0.279. The Bertz CT molecular complexity index is 1170. The van der Waals surface area contributed by atoms with Gasteiger partial charge in [0.05, 0.1) is 5.75 Å². The third kappa shape index (κ3) is 8.26. The van der Waals surface area contributed by atoms with E-state index in [1.165, 1.54) is 11.8 Å². The van der Waals surface area contributed by atoms with Crippen LogP contribution in [0.1, 0.15) is 42.4 Å². The van der Waals surface area contributed by atoms with Crippen LogP contribution in [0.3, 0.4) is 0 Å². The highest BCUT2D eigenvalue weighted by atomic mass is 35.5. The Morgan fingerprint density at radius 3 is 2.22 bits per heavy atom. The van der Waals surface area contributed by atoms with Crippen molar-refractivity contribution < 1.29 is 9.59 Å². The topological polar surface area (TPSA) is 49.4 Å². The fraction of sp³-hybridized carbons (Fsp3) is 0.333. The van der Waals surface area contributed by atoms with Crippen LogP contribution in [-0.4, -0.2) is 34.6 Å². The molecule has 1 aliphatic carbocycles. The summed E-state index contributed by atoms with van der Waals surface area (Å²) < 4.78 is 0. The number of benzene rings is 3. The second-order valence-corrected chi connectivity index (χ2v) is 11.3. The first kappa shape index (κ1) is 27.6. The lowest BCUT2D eigenvalue weighted by Crippen LogP contribution is -2.52. The van der Waals surface area contributed by atoms with Crippen LogP contribution in [0.5, 0.6) is 0 Å². The minimum absolute atomic E-state index is 0.0681. The Labute approximate surface area is 233 Å². The summed E-state index contributed by atoms with van der Waals surface area (Å²) in [5.41, 5.74) is 2.95. The molecule has 0 aliphatic heterocycles. The van der Waals surface area contributed by atoms with Crippen molar-refractivity contribution in [3.05, 3.63) is 106 Å². The van der Waals surface area contributed by atoms with Crippen LogP contribution in [0.25, 0.3) is 0 Å². The van der Waals surface area contributed by atoms with Crippen molar-refractivity contribution in [1.29, 1.82) is 0 Å². The molecule has 0 spiro atoms. The van der Waals surface area contributed by atoms with Gasteiger partial charge in [0.2, 0.25) is 11.8 Å². The number of thioether (sulfide) groups is 1. The molecule has 1 saturated carbocycles. The van der Waals surface area contributed by atoms with E-state index in [1.807, 2.05) is 66.7 Å². The van der Waals surface area contributed by atoms with E-state index >= 15 is 0 Å². The highest BCUT2D eigenvalue weighted by molar-refractivity contribution is 7.99. The molecule has 0 aromatic heterocycles. The van der Waals surface area contributed by atoms with Crippen molar-refractivity contribution >= 4 is 46.8 Å². The van der Waals surface area contributed by atoms with E-state index < -0.39 is 6.04 Å². The van der Waals surface area contributed by atoms with Crippen molar-refractivity contribution in [2.24, 2.45) is 0 Å². The van der Waals surface area contributed by atoms with Gasteiger partial charge in [-0.15, -0.1) is 11.8 Å². The van der Waals surface area contributed by atoms with E-state index in [2.05, 4.69) is 5.32 Å². The Morgan fingerprint density at radius 1 is 0.919 bits per heavy atom. The van der Waals surface area contributed by atoms with Crippen molar-refractivity contribution in [2.75, 3.05) is 5.75 Å². The van der Waals surface area contributed by atoms with Crippen LogP contribution in [0.15, 0.2) is 78.9 Å². The number of rotatable bonds is 11. The fourth-order valence-electron chi connectivity index (χ4n) is 4.67. The van der Waals surface area contributed by atoms with E-state index in [4.69, 9.17) is 23.2 Å². The van der Waals surface area contributed by atoms with E-state index in [0.29, 0.717) is 28.8 Å². The standard InChI is InChI=1S/C30H32Cl2N2O2S/c31-25-16-15-24(27(32)18-25)20-37-21-29(35)34(19-23-11-5-2-6-12-23)28(17-22-9-3-1-4-10-22)30(36)33-26-13-7-8-14-26/h1-6,9-12,15-16,18,26,28H,7-8,13-14,17,19-21H2,(H,33,36). The van der Waals surface area contributed by atoms with Gasteiger partial charge in [-0.1, -0.05) is 103 Å². The normalized spacial score (nSPS) is 14.3. The van der Waals surface area contributed by atoms with E-state index in [9.17, 15) is 9.59 Å². The van der Waals surface area contributed by atoms with Crippen molar-refractivity contribution in [3.8, 4) is 0 Å². The summed E-state index contributed by atoms with van der Waals surface area (Å²) in [7, 11) is 0. The molecule has 0 bridgehead atoms. The molecule has 0 heterocycles. The molecule has 3 aromatic carbocycles. The molecule has 0 saturated heterocycles. The number of hydrogen-bond acceptors (Lipinski definition) is 3. The van der Waals surface area contributed by atoms with Crippen LogP contribution < -0.4 is 5.32 Å². The number of nitrogens with zero attached hydrogens (tertiary/aromatic N) is 1. The Hall–Kier alpha value is -2.47. The molecule has 4 nitrogen and oxygen atoms in total. The number of hydrogen-bond donors (Lipinski definition) is 1. The summed E-state index contributed by atoms with van der Waals surface area (Å²) in [4.78, 5) is 29.1. The maximum Gasteiger partial charge on any atom is 0.243 e. The lowest BCUT2D eigenvalue weighted by Gasteiger charge is -2.32. The van der Waals surface area contributed by atoms with Gasteiger partial charge in [-0.05, 0) is 41.7 Å². The number of carbonyl (C=O) groups excluding carboxylic acids is 2. The largest absolute Gasteiger partial charge is 0.352 e. The van der Waals surface area contributed by atoms with Crippen molar-refractivity contribution in [1.82, 2.24) is 10.2 Å². The number of nitrogens with one attached hydrogen (secondary N) is 1. The fourth-order valence-corrected chi connectivity index (χ4v) is 6.14. The molecule has 0 radical (unpaired) electrons. The molecular weight excluding hydrogens is 523 g/mol. The Morgan fingerprint density at radius 2 is 1.57 bits per heavy atom. The smallest absolute Gasteiger partial charge is 0.243 e. The average molecular weight is 556 g/mol. The predicted molar refractivity (Wildman–Crippen MR) is 154 cm³/mol. The number of carbonyl (C=O) groups is 2. The molecule has 2 amide bonds. The number of amides is 2. The number of halogens is 2. The SMILES string of the molecule is O=C(NC1CCCC1)C(Cc1ccccc1)N(Cc1ccccc1)C(=O)CSCc1ccc(Cl)cc1Cl. The minimum atomic E-state index is -0.601. The molecule has 1 N–H and O–H groups in total. The molecule has 4 rings (SSSR count). The Balaban J connectivity index is 1.54. The van der Waals surface area contributed by atoms with E-state index in [0.717, 1.165) is 42.4 Å². The predicted octanol–water partition coefficient (Wildman–Crippen LogP) is 6.93. The molecule has 1 unspecified atom stereocenters. The monoisotopic (exact) mass is 554 g/mol. The second kappa shape index (κ2) is 13.9. The van der Waals surface area contributed by atoms with Crippen LogP contribution in [-0.2, 0) is 28.3 Å².